The summed E-state index contributed by atoms with van der Waals surface area (Å²) in [5, 5.41) is 2.81. The minimum atomic E-state index is -0.639. The Morgan fingerprint density at radius 2 is 1.88 bits per heavy atom. The molecule has 138 valence electrons. The quantitative estimate of drug-likeness (QED) is 0.799. The number of likely N-dealkylation sites (tertiary alicyclic amines) is 1. The second kappa shape index (κ2) is 11.7. The van der Waals surface area contributed by atoms with Crippen LogP contribution in [0.5, 0.6) is 0 Å². The van der Waals surface area contributed by atoms with Crippen molar-refractivity contribution in [2.75, 3.05) is 32.1 Å². The van der Waals surface area contributed by atoms with Gasteiger partial charge in [0.15, 0.2) is 0 Å². The van der Waals surface area contributed by atoms with E-state index < -0.39 is 6.04 Å². The molecule has 3 N–H and O–H groups in total. The predicted octanol–water partition coefficient (Wildman–Crippen LogP) is 2.67. The molecule has 0 bridgehead atoms. The molecule has 1 aliphatic heterocycles. The first-order valence-corrected chi connectivity index (χ1v) is 7.95. The minimum absolute atomic E-state index is 0. The number of benzene rings is 1. The highest BCUT2D eigenvalue weighted by Gasteiger charge is 2.16. The van der Waals surface area contributed by atoms with Crippen molar-refractivity contribution in [2.45, 2.75) is 32.4 Å². The van der Waals surface area contributed by atoms with Crippen molar-refractivity contribution in [3.8, 4) is 0 Å². The smallest absolute Gasteiger partial charge is 0.243 e. The van der Waals surface area contributed by atoms with Crippen molar-refractivity contribution in [1.29, 1.82) is 0 Å². The molecule has 1 saturated heterocycles. The average Bonchev–Trinajstić information content (AvgIpc) is 2.51. The maximum absolute atomic E-state index is 11.8. The molecule has 24 heavy (non-hydrogen) atoms. The van der Waals surface area contributed by atoms with Gasteiger partial charge >= 0.3 is 0 Å². The third-order valence-electron chi connectivity index (χ3n) is 4.19. The first kappa shape index (κ1) is 23.1. The van der Waals surface area contributed by atoms with Crippen LogP contribution in [0.1, 0.15) is 25.3 Å². The van der Waals surface area contributed by atoms with Crippen LogP contribution in [0.3, 0.4) is 0 Å². The van der Waals surface area contributed by atoms with Crippen LogP contribution >= 0.6 is 24.8 Å². The Morgan fingerprint density at radius 1 is 1.29 bits per heavy atom. The van der Waals surface area contributed by atoms with E-state index in [2.05, 4.69) is 29.3 Å². The van der Waals surface area contributed by atoms with Gasteiger partial charge in [0, 0.05) is 19.3 Å². The SMILES string of the molecule is COCC(N)C(=O)Nc1ccc(CN2CCC(C)CC2)cc1.Cl.Cl. The van der Waals surface area contributed by atoms with Gasteiger partial charge in [-0.3, -0.25) is 9.69 Å². The number of piperidine rings is 1. The van der Waals surface area contributed by atoms with Gasteiger partial charge in [-0.1, -0.05) is 19.1 Å². The first-order valence-electron chi connectivity index (χ1n) is 7.95. The number of hydrogen-bond donors (Lipinski definition) is 2. The fraction of sp³-hybridized carbons (Fsp3) is 0.588. The minimum Gasteiger partial charge on any atom is -0.383 e. The van der Waals surface area contributed by atoms with Crippen LogP contribution in [-0.4, -0.2) is 43.7 Å². The highest BCUT2D eigenvalue weighted by atomic mass is 35.5. The fourth-order valence-corrected chi connectivity index (χ4v) is 2.66. The zero-order valence-electron chi connectivity index (χ0n) is 14.4. The highest BCUT2D eigenvalue weighted by molar-refractivity contribution is 5.94. The number of rotatable bonds is 6. The number of carbonyl (C=O) groups is 1. The number of nitrogens with two attached hydrogens (primary N) is 1. The number of methoxy groups -OCH3 is 1. The Kier molecular flexibility index (Phi) is 11.2. The topological polar surface area (TPSA) is 67.6 Å². The molecule has 2 rings (SSSR count). The number of amides is 1. The maximum Gasteiger partial charge on any atom is 0.243 e. The van der Waals surface area contributed by atoms with E-state index in [4.69, 9.17) is 10.5 Å². The van der Waals surface area contributed by atoms with Crippen LogP contribution in [0.15, 0.2) is 24.3 Å². The first-order chi connectivity index (χ1) is 10.6. The summed E-state index contributed by atoms with van der Waals surface area (Å²) in [5.74, 6) is 0.629. The molecular weight excluding hydrogens is 349 g/mol. The van der Waals surface area contributed by atoms with Crippen molar-refractivity contribution in [2.24, 2.45) is 11.7 Å². The van der Waals surface area contributed by atoms with E-state index in [9.17, 15) is 4.79 Å². The van der Waals surface area contributed by atoms with E-state index in [1.165, 1.54) is 38.6 Å². The lowest BCUT2D eigenvalue weighted by molar-refractivity contribution is -0.118. The van der Waals surface area contributed by atoms with Crippen LogP contribution in [0.2, 0.25) is 0 Å². The maximum atomic E-state index is 11.8. The van der Waals surface area contributed by atoms with E-state index in [1.54, 1.807) is 0 Å². The molecule has 1 atom stereocenters. The molecule has 1 heterocycles. The van der Waals surface area contributed by atoms with E-state index in [-0.39, 0.29) is 37.3 Å². The number of anilines is 1. The molecule has 1 aromatic rings. The molecule has 0 saturated carbocycles. The van der Waals surface area contributed by atoms with Gasteiger partial charge in [-0.25, -0.2) is 0 Å². The standard InChI is InChI=1S/C17H27N3O2.2ClH/c1-13-7-9-20(10-8-13)11-14-3-5-15(6-4-14)19-17(21)16(18)12-22-2;;/h3-6,13,16H,7-12,18H2,1-2H3,(H,19,21);2*1H. The number of nitrogens with zero attached hydrogens (tertiary/aromatic N) is 1. The molecule has 1 aromatic carbocycles. The zero-order valence-corrected chi connectivity index (χ0v) is 16.0. The Bertz CT molecular complexity index is 477. The van der Waals surface area contributed by atoms with Gasteiger partial charge < -0.3 is 15.8 Å². The summed E-state index contributed by atoms with van der Waals surface area (Å²) >= 11 is 0. The summed E-state index contributed by atoms with van der Waals surface area (Å²) in [4.78, 5) is 14.3. The van der Waals surface area contributed by atoms with Crippen LogP contribution < -0.4 is 11.1 Å². The molecule has 0 aromatic heterocycles. The Morgan fingerprint density at radius 3 is 2.42 bits per heavy atom. The normalized spacial score (nSPS) is 16.6. The van der Waals surface area contributed by atoms with E-state index in [1.807, 2.05) is 12.1 Å². The number of ether oxygens (including phenoxy) is 1. The zero-order chi connectivity index (χ0) is 15.9. The molecule has 1 fully saturated rings. The van der Waals surface area contributed by atoms with Crippen molar-refractivity contribution < 1.29 is 9.53 Å². The molecule has 1 unspecified atom stereocenters. The van der Waals surface area contributed by atoms with Crippen LogP contribution in [0.4, 0.5) is 5.69 Å². The fourth-order valence-electron chi connectivity index (χ4n) is 2.66. The van der Waals surface area contributed by atoms with Gasteiger partial charge in [-0.05, 0) is 49.5 Å². The molecule has 0 aliphatic carbocycles. The molecular formula is C17H29Cl2N3O2. The molecule has 7 heteroatoms. The van der Waals surface area contributed by atoms with E-state index in [0.29, 0.717) is 0 Å². The monoisotopic (exact) mass is 377 g/mol. The molecule has 5 nitrogen and oxygen atoms in total. The lowest BCUT2D eigenvalue weighted by atomic mass is 9.99. The van der Waals surface area contributed by atoms with Crippen LogP contribution in [0, 0.1) is 5.92 Å². The van der Waals surface area contributed by atoms with Gasteiger partial charge in [0.1, 0.15) is 6.04 Å². The molecule has 1 aliphatic rings. The lowest BCUT2D eigenvalue weighted by Gasteiger charge is -2.30. The second-order valence-electron chi connectivity index (χ2n) is 6.21. The summed E-state index contributed by atoms with van der Waals surface area (Å²) in [6.07, 6.45) is 2.57. The summed E-state index contributed by atoms with van der Waals surface area (Å²) in [6.45, 7) is 5.86. The highest BCUT2D eigenvalue weighted by Crippen LogP contribution is 2.19. The Balaban J connectivity index is 0.00000264. The van der Waals surface area contributed by atoms with Gasteiger partial charge in [0.25, 0.3) is 0 Å². The summed E-state index contributed by atoms with van der Waals surface area (Å²) in [5.41, 5.74) is 7.74. The lowest BCUT2D eigenvalue weighted by Crippen LogP contribution is -2.39. The van der Waals surface area contributed by atoms with Gasteiger partial charge in [0.05, 0.1) is 6.61 Å². The third-order valence-corrected chi connectivity index (χ3v) is 4.19. The number of nitrogens with one attached hydrogen (secondary N) is 1. The number of carbonyl (C=O) groups excluding carboxylic acids is 1. The largest absolute Gasteiger partial charge is 0.383 e. The molecule has 0 spiro atoms. The Labute approximate surface area is 157 Å². The summed E-state index contributed by atoms with van der Waals surface area (Å²) < 4.78 is 4.88. The second-order valence-corrected chi connectivity index (χ2v) is 6.21. The molecule has 0 radical (unpaired) electrons. The van der Waals surface area contributed by atoms with Crippen molar-refractivity contribution in [3.05, 3.63) is 29.8 Å². The van der Waals surface area contributed by atoms with E-state index >= 15 is 0 Å². The third kappa shape index (κ3) is 7.36. The van der Waals surface area contributed by atoms with Crippen LogP contribution in [-0.2, 0) is 16.1 Å². The van der Waals surface area contributed by atoms with Crippen molar-refractivity contribution in [3.63, 3.8) is 0 Å². The number of hydrogen-bond acceptors (Lipinski definition) is 4. The van der Waals surface area contributed by atoms with Gasteiger partial charge in [-0.2, -0.15) is 0 Å². The van der Waals surface area contributed by atoms with Crippen molar-refractivity contribution in [1.82, 2.24) is 4.90 Å². The summed E-state index contributed by atoms with van der Waals surface area (Å²) in [6, 6.07) is 7.35. The average molecular weight is 378 g/mol. The van der Waals surface area contributed by atoms with Crippen LogP contribution in [0.25, 0.3) is 0 Å². The van der Waals surface area contributed by atoms with Gasteiger partial charge in [0.2, 0.25) is 5.91 Å². The summed E-state index contributed by atoms with van der Waals surface area (Å²) in [7, 11) is 1.53. The van der Waals surface area contributed by atoms with Gasteiger partial charge in [-0.15, -0.1) is 24.8 Å². The molecule has 1 amide bonds. The predicted molar refractivity (Wildman–Crippen MR) is 103 cm³/mol. The van der Waals surface area contributed by atoms with Crippen molar-refractivity contribution >= 4 is 36.4 Å². The number of halogens is 2. The Hall–Kier alpha value is -0.850. The van der Waals surface area contributed by atoms with E-state index in [0.717, 1.165) is 18.2 Å².